The molecule has 10 heteroatoms. The minimum atomic E-state index is -4.80. The van der Waals surface area contributed by atoms with Crippen molar-refractivity contribution in [2.75, 3.05) is 31.2 Å². The monoisotopic (exact) mass is 479 g/mol. The lowest BCUT2D eigenvalue weighted by atomic mass is 9.83. The predicted molar refractivity (Wildman–Crippen MR) is 118 cm³/mol. The van der Waals surface area contributed by atoms with Gasteiger partial charge in [-0.2, -0.15) is 13.2 Å². The fraction of sp³-hybridized carbons (Fsp3) is 0.542. The molecule has 0 amide bonds. The van der Waals surface area contributed by atoms with Crippen LogP contribution in [0.5, 0.6) is 5.75 Å². The minimum Gasteiger partial charge on any atom is -0.492 e. The zero-order chi connectivity index (χ0) is 24.3. The van der Waals surface area contributed by atoms with Crippen LogP contribution in [-0.2, 0) is 10.9 Å². The first kappa shape index (κ1) is 24.3. The van der Waals surface area contributed by atoms with Crippen molar-refractivity contribution >= 4 is 11.7 Å². The van der Waals surface area contributed by atoms with Crippen molar-refractivity contribution in [1.82, 2.24) is 9.97 Å². The van der Waals surface area contributed by atoms with Crippen LogP contribution in [0.1, 0.15) is 60.3 Å². The van der Waals surface area contributed by atoms with E-state index in [-0.39, 0.29) is 5.69 Å². The SMILES string of the molecule is C[C@H]1CC[C@H](COc2cncc(N3CCOC(c4cc(C(=O)O)c(C(F)(F)F)cn4)C3)c2)CC1. The molecule has 3 heterocycles. The van der Waals surface area contributed by atoms with Gasteiger partial charge < -0.3 is 19.5 Å². The molecule has 1 N–H and O–H groups in total. The lowest BCUT2D eigenvalue weighted by Gasteiger charge is -2.34. The number of aromatic nitrogens is 2. The summed E-state index contributed by atoms with van der Waals surface area (Å²) in [5.41, 5.74) is -1.18. The highest BCUT2D eigenvalue weighted by Crippen LogP contribution is 2.34. The molecule has 2 aromatic heterocycles. The number of carboxylic acids is 1. The molecule has 34 heavy (non-hydrogen) atoms. The number of rotatable bonds is 6. The Hall–Kier alpha value is -2.88. The Bertz CT molecular complexity index is 1010. The molecule has 1 atom stereocenters. The highest BCUT2D eigenvalue weighted by atomic mass is 19.4. The number of carboxylic acid groups (broad SMARTS) is 1. The molecule has 1 aliphatic carbocycles. The van der Waals surface area contributed by atoms with E-state index in [1.807, 2.05) is 11.0 Å². The molecule has 2 fully saturated rings. The van der Waals surface area contributed by atoms with Gasteiger partial charge in [0.1, 0.15) is 11.9 Å². The van der Waals surface area contributed by atoms with Crippen LogP contribution < -0.4 is 9.64 Å². The van der Waals surface area contributed by atoms with Gasteiger partial charge in [0, 0.05) is 18.8 Å². The number of ether oxygens (including phenoxy) is 2. The molecular formula is C24H28F3N3O4. The van der Waals surface area contributed by atoms with Crippen molar-refractivity contribution in [2.24, 2.45) is 11.8 Å². The van der Waals surface area contributed by atoms with Gasteiger partial charge in [0.05, 0.1) is 54.7 Å². The van der Waals surface area contributed by atoms with E-state index >= 15 is 0 Å². The smallest absolute Gasteiger partial charge is 0.418 e. The molecule has 0 aromatic carbocycles. The van der Waals surface area contributed by atoms with Crippen LogP contribution in [0.4, 0.5) is 18.9 Å². The van der Waals surface area contributed by atoms with Crippen LogP contribution in [0.3, 0.4) is 0 Å². The predicted octanol–water partition coefficient (Wildman–Crippen LogP) is 4.98. The zero-order valence-corrected chi connectivity index (χ0v) is 18.9. The van der Waals surface area contributed by atoms with E-state index in [2.05, 4.69) is 16.9 Å². The van der Waals surface area contributed by atoms with E-state index in [1.54, 1.807) is 12.4 Å². The molecule has 1 saturated carbocycles. The fourth-order valence-electron chi connectivity index (χ4n) is 4.48. The van der Waals surface area contributed by atoms with Gasteiger partial charge in [-0.15, -0.1) is 0 Å². The third-order valence-electron chi connectivity index (χ3n) is 6.54. The second-order valence-electron chi connectivity index (χ2n) is 9.08. The van der Waals surface area contributed by atoms with Crippen LogP contribution in [0.15, 0.2) is 30.7 Å². The number of nitrogens with zero attached hydrogens (tertiary/aromatic N) is 3. The van der Waals surface area contributed by atoms with Crippen molar-refractivity contribution in [3.05, 3.63) is 47.5 Å². The second kappa shape index (κ2) is 10.2. The number of hydrogen-bond acceptors (Lipinski definition) is 6. The molecule has 1 unspecified atom stereocenters. The topological polar surface area (TPSA) is 84.8 Å². The summed E-state index contributed by atoms with van der Waals surface area (Å²) in [6.07, 6.45) is 3.22. The first-order chi connectivity index (χ1) is 16.2. The summed E-state index contributed by atoms with van der Waals surface area (Å²) >= 11 is 0. The lowest BCUT2D eigenvalue weighted by Crippen LogP contribution is -2.38. The summed E-state index contributed by atoms with van der Waals surface area (Å²) in [6.45, 7) is 4.08. The van der Waals surface area contributed by atoms with Gasteiger partial charge in [0.15, 0.2) is 0 Å². The van der Waals surface area contributed by atoms with Crippen LogP contribution in [0.25, 0.3) is 0 Å². The number of aromatic carboxylic acids is 1. The van der Waals surface area contributed by atoms with E-state index in [4.69, 9.17) is 9.47 Å². The molecule has 2 aliphatic rings. The highest BCUT2D eigenvalue weighted by molar-refractivity contribution is 5.89. The Morgan fingerprint density at radius 3 is 2.68 bits per heavy atom. The van der Waals surface area contributed by atoms with Crippen molar-refractivity contribution in [3.8, 4) is 5.75 Å². The third-order valence-corrected chi connectivity index (χ3v) is 6.54. The van der Waals surface area contributed by atoms with Gasteiger partial charge >= 0.3 is 12.1 Å². The van der Waals surface area contributed by atoms with Gasteiger partial charge in [-0.05, 0) is 30.7 Å². The lowest BCUT2D eigenvalue weighted by molar-refractivity contribution is -0.138. The van der Waals surface area contributed by atoms with Crippen LogP contribution >= 0.6 is 0 Å². The summed E-state index contributed by atoms with van der Waals surface area (Å²) in [4.78, 5) is 21.6. The second-order valence-corrected chi connectivity index (χ2v) is 9.08. The highest BCUT2D eigenvalue weighted by Gasteiger charge is 2.37. The van der Waals surface area contributed by atoms with Crippen molar-refractivity contribution in [2.45, 2.75) is 44.9 Å². The van der Waals surface area contributed by atoms with Gasteiger partial charge in [-0.25, -0.2) is 4.79 Å². The standard InChI is InChI=1S/C24H28F3N3O4/c1-15-2-4-16(5-3-15)14-34-18-8-17(10-28-11-18)30-6-7-33-22(13-30)21-9-19(23(31)32)20(12-29-21)24(25,26)27/h8-12,15-16,22H,2-7,13-14H2,1H3,(H,31,32)/t15-,16-,22?. The molecule has 4 rings (SSSR count). The zero-order valence-electron chi connectivity index (χ0n) is 18.9. The number of pyridine rings is 2. The molecule has 1 aliphatic heterocycles. The maximum Gasteiger partial charge on any atom is 0.418 e. The van der Waals surface area contributed by atoms with E-state index in [1.165, 1.54) is 12.8 Å². The first-order valence-electron chi connectivity index (χ1n) is 11.5. The first-order valence-corrected chi connectivity index (χ1v) is 11.5. The molecule has 0 bridgehead atoms. The summed E-state index contributed by atoms with van der Waals surface area (Å²) in [7, 11) is 0. The third kappa shape index (κ3) is 5.78. The van der Waals surface area contributed by atoms with E-state index in [0.29, 0.717) is 44.2 Å². The van der Waals surface area contributed by atoms with Crippen molar-refractivity contribution in [1.29, 1.82) is 0 Å². The molecule has 1 saturated heterocycles. The summed E-state index contributed by atoms with van der Waals surface area (Å²) in [6, 6.07) is 2.84. The Kier molecular flexibility index (Phi) is 7.25. The number of alkyl halides is 3. The van der Waals surface area contributed by atoms with Gasteiger partial charge in [0.25, 0.3) is 0 Å². The molecule has 0 spiro atoms. The molecule has 184 valence electrons. The van der Waals surface area contributed by atoms with Gasteiger partial charge in [0.2, 0.25) is 0 Å². The molecule has 7 nitrogen and oxygen atoms in total. The number of morpholine rings is 1. The Morgan fingerprint density at radius 1 is 1.21 bits per heavy atom. The summed E-state index contributed by atoms with van der Waals surface area (Å²) in [5, 5.41) is 9.27. The maximum absolute atomic E-state index is 13.1. The van der Waals surface area contributed by atoms with Crippen molar-refractivity contribution < 1.29 is 32.5 Å². The van der Waals surface area contributed by atoms with Crippen LogP contribution in [0, 0.1) is 11.8 Å². The van der Waals surface area contributed by atoms with E-state index < -0.39 is 29.4 Å². The van der Waals surface area contributed by atoms with E-state index in [9.17, 15) is 23.1 Å². The average Bonchev–Trinajstić information content (AvgIpc) is 2.83. The Morgan fingerprint density at radius 2 is 1.97 bits per heavy atom. The van der Waals surface area contributed by atoms with Crippen LogP contribution in [-0.4, -0.2) is 47.3 Å². The van der Waals surface area contributed by atoms with Crippen molar-refractivity contribution in [3.63, 3.8) is 0 Å². The van der Waals surface area contributed by atoms with Gasteiger partial charge in [-0.3, -0.25) is 9.97 Å². The minimum absolute atomic E-state index is 0.141. The number of halogens is 3. The molecular weight excluding hydrogens is 451 g/mol. The summed E-state index contributed by atoms with van der Waals surface area (Å²) < 4.78 is 51.1. The molecule has 2 aromatic rings. The normalized spacial score (nSPS) is 23.5. The Balaban J connectivity index is 1.44. The average molecular weight is 479 g/mol. The van der Waals surface area contributed by atoms with Crippen LogP contribution in [0.2, 0.25) is 0 Å². The number of anilines is 1. The maximum atomic E-state index is 13.1. The van der Waals surface area contributed by atoms with E-state index in [0.717, 1.165) is 30.5 Å². The Labute approximate surface area is 195 Å². The quantitative estimate of drug-likeness (QED) is 0.626. The summed E-state index contributed by atoms with van der Waals surface area (Å²) in [5.74, 6) is 0.327. The number of carbonyl (C=O) groups is 1. The molecule has 0 radical (unpaired) electrons. The fourth-order valence-corrected chi connectivity index (χ4v) is 4.48. The number of hydrogen-bond donors (Lipinski definition) is 1. The largest absolute Gasteiger partial charge is 0.492 e. The van der Waals surface area contributed by atoms with Gasteiger partial charge in [-0.1, -0.05) is 19.8 Å².